The van der Waals surface area contributed by atoms with Gasteiger partial charge in [0.1, 0.15) is 5.75 Å². The Kier molecular flexibility index (Phi) is 3.14. The molecule has 1 aromatic heterocycles. The smallest absolute Gasteiger partial charge is 0.341 e. The number of hydrogen-bond donors (Lipinski definition) is 0. The van der Waals surface area contributed by atoms with E-state index < -0.39 is 0 Å². The Morgan fingerprint density at radius 2 is 1.88 bits per heavy atom. The molecular formula is C11H12N2O3S. The molecule has 0 atom stereocenters. The number of ether oxygens (including phenoxy) is 1. The molecule has 0 spiro atoms. The largest absolute Gasteiger partial charge is 0.497 e. The van der Waals surface area contributed by atoms with E-state index >= 15 is 0 Å². The molecule has 0 bridgehead atoms. The summed E-state index contributed by atoms with van der Waals surface area (Å²) in [5.41, 5.74) is 0.610. The fourth-order valence-electron chi connectivity index (χ4n) is 1.50. The third kappa shape index (κ3) is 2.31. The lowest BCUT2D eigenvalue weighted by atomic mass is 10.2. The van der Waals surface area contributed by atoms with Gasteiger partial charge < -0.3 is 4.74 Å². The van der Waals surface area contributed by atoms with Crippen LogP contribution in [0.1, 0.15) is 5.56 Å². The molecule has 0 amide bonds. The molecule has 2 rings (SSSR count). The minimum Gasteiger partial charge on any atom is -0.497 e. The third-order valence-electron chi connectivity index (χ3n) is 2.44. The number of hydrogen-bond acceptors (Lipinski definition) is 4. The van der Waals surface area contributed by atoms with Crippen LogP contribution >= 0.6 is 11.5 Å². The molecule has 6 heteroatoms. The second-order valence-corrected chi connectivity index (χ2v) is 4.65. The Labute approximate surface area is 102 Å². The Bertz CT molecular complexity index is 621. The molecule has 1 aromatic carbocycles. The monoisotopic (exact) mass is 252 g/mol. The summed E-state index contributed by atoms with van der Waals surface area (Å²) in [6, 6.07) is 7.28. The molecule has 0 N–H and O–H groups in total. The lowest BCUT2D eigenvalue weighted by Crippen LogP contribution is -2.28. The van der Waals surface area contributed by atoms with Crippen LogP contribution in [-0.2, 0) is 13.6 Å². The Balaban J connectivity index is 2.31. The first-order valence-electron chi connectivity index (χ1n) is 5.02. The summed E-state index contributed by atoms with van der Waals surface area (Å²) in [7, 11) is 3.17. The normalized spacial score (nSPS) is 10.5. The summed E-state index contributed by atoms with van der Waals surface area (Å²) in [6.45, 7) is 0.291. The van der Waals surface area contributed by atoms with Gasteiger partial charge in [0.15, 0.2) is 0 Å². The van der Waals surface area contributed by atoms with Gasteiger partial charge in [0.2, 0.25) is 0 Å². The van der Waals surface area contributed by atoms with Crippen molar-refractivity contribution in [2.45, 2.75) is 6.54 Å². The van der Waals surface area contributed by atoms with Crippen molar-refractivity contribution < 1.29 is 4.74 Å². The van der Waals surface area contributed by atoms with E-state index in [0.29, 0.717) is 6.54 Å². The highest BCUT2D eigenvalue weighted by molar-refractivity contribution is 7.03. The van der Waals surface area contributed by atoms with Gasteiger partial charge in [-0.05, 0) is 17.7 Å². The Morgan fingerprint density at radius 3 is 2.35 bits per heavy atom. The molecule has 2 aromatic rings. The van der Waals surface area contributed by atoms with E-state index in [1.54, 1.807) is 26.3 Å². The fourth-order valence-corrected chi connectivity index (χ4v) is 2.15. The van der Waals surface area contributed by atoms with Crippen molar-refractivity contribution in [3.63, 3.8) is 0 Å². The standard InChI is InChI=1S/C11H12N2O3S/c1-12-10(14)13(11(15)17-12)7-8-3-5-9(16-2)6-4-8/h3-6H,7H2,1-2H3. The number of aryl methyl sites for hydroxylation is 1. The summed E-state index contributed by atoms with van der Waals surface area (Å²) >= 11 is 0.910. The summed E-state index contributed by atoms with van der Waals surface area (Å²) in [5, 5.41) is 0. The number of aromatic nitrogens is 2. The van der Waals surface area contributed by atoms with Crippen LogP contribution in [0.2, 0.25) is 0 Å². The fraction of sp³-hybridized carbons (Fsp3) is 0.273. The maximum atomic E-state index is 11.6. The molecular weight excluding hydrogens is 240 g/mol. The van der Waals surface area contributed by atoms with E-state index in [-0.39, 0.29) is 10.6 Å². The van der Waals surface area contributed by atoms with Gasteiger partial charge in [0.25, 0.3) is 0 Å². The SMILES string of the molecule is COc1ccc(Cn2c(=O)sn(C)c2=O)cc1. The van der Waals surface area contributed by atoms with Gasteiger partial charge >= 0.3 is 10.6 Å². The van der Waals surface area contributed by atoms with Crippen molar-refractivity contribution in [2.24, 2.45) is 7.05 Å². The van der Waals surface area contributed by atoms with Gasteiger partial charge in [-0.3, -0.25) is 4.79 Å². The topological polar surface area (TPSA) is 53.2 Å². The summed E-state index contributed by atoms with van der Waals surface area (Å²) in [6.07, 6.45) is 0. The maximum Gasteiger partial charge on any atom is 0.341 e. The van der Waals surface area contributed by atoms with Crippen LogP contribution in [0.25, 0.3) is 0 Å². The van der Waals surface area contributed by atoms with Crippen LogP contribution in [-0.4, -0.2) is 15.6 Å². The molecule has 0 aliphatic heterocycles. The molecule has 0 aliphatic rings. The number of nitrogens with zero attached hydrogens (tertiary/aromatic N) is 2. The van der Waals surface area contributed by atoms with E-state index in [1.807, 2.05) is 12.1 Å². The van der Waals surface area contributed by atoms with E-state index in [1.165, 1.54) is 8.52 Å². The zero-order chi connectivity index (χ0) is 12.4. The van der Waals surface area contributed by atoms with Gasteiger partial charge in [0, 0.05) is 18.6 Å². The molecule has 17 heavy (non-hydrogen) atoms. The van der Waals surface area contributed by atoms with Gasteiger partial charge in [-0.2, -0.15) is 0 Å². The van der Waals surface area contributed by atoms with Crippen molar-refractivity contribution in [2.75, 3.05) is 7.11 Å². The third-order valence-corrected chi connectivity index (χ3v) is 3.24. The minimum absolute atomic E-state index is 0.242. The molecule has 0 aliphatic carbocycles. The number of benzene rings is 1. The van der Waals surface area contributed by atoms with Crippen LogP contribution in [0.3, 0.4) is 0 Å². The molecule has 0 radical (unpaired) electrons. The van der Waals surface area contributed by atoms with Crippen LogP contribution in [0, 0.1) is 0 Å². The predicted molar refractivity (Wildman–Crippen MR) is 65.9 cm³/mol. The molecule has 0 saturated heterocycles. The lowest BCUT2D eigenvalue weighted by molar-refractivity contribution is 0.414. The zero-order valence-electron chi connectivity index (χ0n) is 9.54. The van der Waals surface area contributed by atoms with Crippen LogP contribution < -0.4 is 15.3 Å². The van der Waals surface area contributed by atoms with Gasteiger partial charge in [-0.25, -0.2) is 13.3 Å². The minimum atomic E-state index is -0.282. The Hall–Kier alpha value is -1.82. The van der Waals surface area contributed by atoms with E-state index in [9.17, 15) is 9.59 Å². The first-order valence-corrected chi connectivity index (χ1v) is 5.79. The van der Waals surface area contributed by atoms with Crippen molar-refractivity contribution in [1.82, 2.24) is 8.52 Å². The van der Waals surface area contributed by atoms with Gasteiger partial charge in [0.05, 0.1) is 13.7 Å². The zero-order valence-corrected chi connectivity index (χ0v) is 10.4. The quantitative estimate of drug-likeness (QED) is 0.806. The van der Waals surface area contributed by atoms with Crippen LogP contribution in [0.5, 0.6) is 5.75 Å². The first-order chi connectivity index (χ1) is 8.11. The van der Waals surface area contributed by atoms with Gasteiger partial charge in [-0.1, -0.05) is 12.1 Å². The second-order valence-electron chi connectivity index (χ2n) is 3.57. The average Bonchev–Trinajstić information content (AvgIpc) is 2.57. The van der Waals surface area contributed by atoms with Crippen LogP contribution in [0.4, 0.5) is 0 Å². The highest BCUT2D eigenvalue weighted by atomic mass is 32.1. The van der Waals surface area contributed by atoms with E-state index in [0.717, 1.165) is 22.8 Å². The molecule has 90 valence electrons. The number of rotatable bonds is 3. The summed E-state index contributed by atoms with van der Waals surface area (Å²) in [5.74, 6) is 0.749. The van der Waals surface area contributed by atoms with Crippen molar-refractivity contribution >= 4 is 11.5 Å². The van der Waals surface area contributed by atoms with Crippen molar-refractivity contribution in [3.05, 3.63) is 50.0 Å². The van der Waals surface area contributed by atoms with Crippen LogP contribution in [0.15, 0.2) is 33.9 Å². The lowest BCUT2D eigenvalue weighted by Gasteiger charge is -2.02. The molecule has 0 fully saturated rings. The van der Waals surface area contributed by atoms with Gasteiger partial charge in [-0.15, -0.1) is 0 Å². The highest BCUT2D eigenvalue weighted by Crippen LogP contribution is 2.11. The summed E-state index contributed by atoms with van der Waals surface area (Å²) in [4.78, 5) is 22.9. The van der Waals surface area contributed by atoms with Crippen molar-refractivity contribution in [3.8, 4) is 5.75 Å². The van der Waals surface area contributed by atoms with E-state index in [2.05, 4.69) is 0 Å². The highest BCUT2D eigenvalue weighted by Gasteiger charge is 2.07. The first kappa shape index (κ1) is 11.7. The Morgan fingerprint density at radius 1 is 1.24 bits per heavy atom. The number of methoxy groups -OCH3 is 1. The predicted octanol–water partition coefficient (Wildman–Crippen LogP) is 0.665. The molecule has 5 nitrogen and oxygen atoms in total. The molecule has 1 heterocycles. The molecule has 0 unspecified atom stereocenters. The van der Waals surface area contributed by atoms with E-state index in [4.69, 9.17) is 4.74 Å². The average molecular weight is 252 g/mol. The summed E-state index contributed by atoms with van der Waals surface area (Å²) < 4.78 is 7.58. The maximum absolute atomic E-state index is 11.6. The second kappa shape index (κ2) is 4.58. The van der Waals surface area contributed by atoms with Crippen molar-refractivity contribution in [1.29, 1.82) is 0 Å². The molecule has 0 saturated carbocycles.